The number of hydrogen-bond acceptors (Lipinski definition) is 2. The summed E-state index contributed by atoms with van der Waals surface area (Å²) in [6.45, 7) is 6.67. The number of thiophene rings is 1. The highest BCUT2D eigenvalue weighted by Crippen LogP contribution is 2.29. The van der Waals surface area contributed by atoms with Crippen molar-refractivity contribution in [2.45, 2.75) is 33.2 Å². The Morgan fingerprint density at radius 3 is 2.46 bits per heavy atom. The lowest BCUT2D eigenvalue weighted by Gasteiger charge is -2.22. The average molecular weight is 220 g/mol. The quantitative estimate of drug-likeness (QED) is 0.808. The maximum atomic E-state index is 6.04. The van der Waals surface area contributed by atoms with Crippen molar-refractivity contribution in [3.8, 4) is 0 Å². The largest absolute Gasteiger partial charge is 0.323 e. The molecule has 0 spiro atoms. The first-order valence-electron chi connectivity index (χ1n) is 4.28. The first-order valence-corrected chi connectivity index (χ1v) is 5.16. The molecule has 2 N–H and O–H groups in total. The third-order valence-electron chi connectivity index (χ3n) is 1.74. The van der Waals surface area contributed by atoms with E-state index in [1.807, 2.05) is 0 Å². The van der Waals surface area contributed by atoms with Gasteiger partial charge in [0.25, 0.3) is 0 Å². The van der Waals surface area contributed by atoms with Crippen LogP contribution < -0.4 is 5.73 Å². The van der Waals surface area contributed by atoms with Gasteiger partial charge >= 0.3 is 0 Å². The van der Waals surface area contributed by atoms with Crippen molar-refractivity contribution in [3.05, 3.63) is 22.4 Å². The van der Waals surface area contributed by atoms with E-state index in [0.29, 0.717) is 5.41 Å². The average Bonchev–Trinajstić information content (AvgIpc) is 2.32. The zero-order valence-corrected chi connectivity index (χ0v) is 10.0. The molecule has 0 aromatic carbocycles. The smallest absolute Gasteiger partial charge is 0.0394 e. The highest BCUT2D eigenvalue weighted by molar-refractivity contribution is 7.10. The van der Waals surface area contributed by atoms with Gasteiger partial charge in [0.1, 0.15) is 0 Å². The number of nitrogens with two attached hydrogens (primary N) is 1. The van der Waals surface area contributed by atoms with Crippen LogP contribution in [0.3, 0.4) is 0 Å². The molecule has 0 aliphatic rings. The Morgan fingerprint density at radius 1 is 1.46 bits per heavy atom. The predicted octanol–water partition coefficient (Wildman–Crippen LogP) is 3.61. The maximum absolute atomic E-state index is 6.04. The molecule has 1 heterocycles. The summed E-state index contributed by atoms with van der Waals surface area (Å²) in [5, 5.41) is 2.08. The van der Waals surface area contributed by atoms with Gasteiger partial charge in [-0.05, 0) is 23.3 Å². The predicted molar refractivity (Wildman–Crippen MR) is 62.6 cm³/mol. The van der Waals surface area contributed by atoms with Crippen molar-refractivity contribution in [3.63, 3.8) is 0 Å². The summed E-state index contributed by atoms with van der Waals surface area (Å²) in [6.07, 6.45) is 1.05. The summed E-state index contributed by atoms with van der Waals surface area (Å²) in [5.74, 6) is 0. The van der Waals surface area contributed by atoms with Crippen LogP contribution in [0.5, 0.6) is 0 Å². The first kappa shape index (κ1) is 12.9. The van der Waals surface area contributed by atoms with E-state index in [4.69, 9.17) is 5.73 Å². The van der Waals surface area contributed by atoms with Crippen LogP contribution in [0.2, 0.25) is 0 Å². The van der Waals surface area contributed by atoms with E-state index in [9.17, 15) is 0 Å². The summed E-state index contributed by atoms with van der Waals surface area (Å²) in [4.78, 5) is 1.30. The van der Waals surface area contributed by atoms with Gasteiger partial charge in [0, 0.05) is 10.9 Å². The lowest BCUT2D eigenvalue weighted by atomic mass is 9.88. The second kappa shape index (κ2) is 4.99. The molecule has 0 aliphatic carbocycles. The molecule has 1 aromatic rings. The van der Waals surface area contributed by atoms with Crippen molar-refractivity contribution in [2.75, 3.05) is 0 Å². The Balaban J connectivity index is 0.00000144. The Kier molecular flexibility index (Phi) is 4.97. The standard InChI is InChI=1S/C10H17NS.ClH/c1-10(2,3)7-8(11)9-5-4-6-12-9;/h4-6,8H,7,11H2,1-3H3;1H. The second-order valence-electron chi connectivity index (χ2n) is 4.39. The van der Waals surface area contributed by atoms with E-state index in [1.165, 1.54) is 4.88 Å². The summed E-state index contributed by atoms with van der Waals surface area (Å²) in [7, 11) is 0. The summed E-state index contributed by atoms with van der Waals surface area (Å²) >= 11 is 1.75. The van der Waals surface area contributed by atoms with Gasteiger partial charge in [-0.3, -0.25) is 0 Å². The molecule has 0 bridgehead atoms. The van der Waals surface area contributed by atoms with E-state index in [2.05, 4.69) is 38.3 Å². The minimum Gasteiger partial charge on any atom is -0.323 e. The maximum Gasteiger partial charge on any atom is 0.0394 e. The second-order valence-corrected chi connectivity index (χ2v) is 5.37. The van der Waals surface area contributed by atoms with Crippen LogP contribution in [0.15, 0.2) is 17.5 Å². The van der Waals surface area contributed by atoms with E-state index >= 15 is 0 Å². The molecular formula is C10H18ClNS. The molecule has 0 saturated heterocycles. The summed E-state index contributed by atoms with van der Waals surface area (Å²) < 4.78 is 0. The molecule has 0 fully saturated rings. The monoisotopic (exact) mass is 219 g/mol. The number of halogens is 1. The van der Waals surface area contributed by atoms with E-state index in [-0.39, 0.29) is 18.4 Å². The minimum atomic E-state index is 0. The zero-order valence-electron chi connectivity index (χ0n) is 8.41. The lowest BCUT2D eigenvalue weighted by Crippen LogP contribution is -2.17. The third kappa shape index (κ3) is 4.65. The Bertz CT molecular complexity index is 226. The first-order chi connectivity index (χ1) is 5.49. The van der Waals surface area contributed by atoms with Gasteiger partial charge in [-0.15, -0.1) is 23.7 Å². The van der Waals surface area contributed by atoms with E-state index in [0.717, 1.165) is 6.42 Å². The van der Waals surface area contributed by atoms with Gasteiger partial charge in [-0.2, -0.15) is 0 Å². The molecule has 0 amide bonds. The van der Waals surface area contributed by atoms with Gasteiger partial charge < -0.3 is 5.73 Å². The van der Waals surface area contributed by atoms with Crippen LogP contribution in [0.25, 0.3) is 0 Å². The molecule has 0 saturated carbocycles. The fourth-order valence-corrected chi connectivity index (χ4v) is 1.99. The van der Waals surface area contributed by atoms with Gasteiger partial charge in [-0.1, -0.05) is 26.8 Å². The van der Waals surface area contributed by atoms with E-state index < -0.39 is 0 Å². The van der Waals surface area contributed by atoms with Gasteiger partial charge in [0.2, 0.25) is 0 Å². The summed E-state index contributed by atoms with van der Waals surface area (Å²) in [5.41, 5.74) is 6.36. The molecule has 3 heteroatoms. The van der Waals surface area contributed by atoms with Crippen LogP contribution in [0.1, 0.15) is 38.1 Å². The van der Waals surface area contributed by atoms with Crippen LogP contribution >= 0.6 is 23.7 Å². The molecule has 1 unspecified atom stereocenters. The zero-order chi connectivity index (χ0) is 9.19. The van der Waals surface area contributed by atoms with Crippen molar-refractivity contribution in [2.24, 2.45) is 11.1 Å². The molecule has 1 rings (SSSR count). The lowest BCUT2D eigenvalue weighted by molar-refractivity contribution is 0.345. The number of rotatable bonds is 2. The molecule has 76 valence electrons. The molecule has 1 atom stereocenters. The van der Waals surface area contributed by atoms with Crippen LogP contribution in [0, 0.1) is 5.41 Å². The van der Waals surface area contributed by atoms with Crippen molar-refractivity contribution < 1.29 is 0 Å². The Morgan fingerprint density at radius 2 is 2.08 bits per heavy atom. The van der Waals surface area contributed by atoms with Crippen LogP contribution in [0.4, 0.5) is 0 Å². The van der Waals surface area contributed by atoms with Crippen molar-refractivity contribution >= 4 is 23.7 Å². The van der Waals surface area contributed by atoms with Gasteiger partial charge in [0.15, 0.2) is 0 Å². The molecule has 1 aromatic heterocycles. The Labute approximate surface area is 90.8 Å². The molecular weight excluding hydrogens is 202 g/mol. The highest BCUT2D eigenvalue weighted by Gasteiger charge is 2.17. The highest BCUT2D eigenvalue weighted by atomic mass is 35.5. The van der Waals surface area contributed by atoms with E-state index in [1.54, 1.807) is 11.3 Å². The van der Waals surface area contributed by atoms with Gasteiger partial charge in [0.05, 0.1) is 0 Å². The third-order valence-corrected chi connectivity index (χ3v) is 2.75. The van der Waals surface area contributed by atoms with Crippen LogP contribution in [-0.2, 0) is 0 Å². The molecule has 0 radical (unpaired) electrons. The fraction of sp³-hybridized carbons (Fsp3) is 0.600. The molecule has 0 aliphatic heterocycles. The molecule has 1 nitrogen and oxygen atoms in total. The van der Waals surface area contributed by atoms with Gasteiger partial charge in [-0.25, -0.2) is 0 Å². The normalized spacial score (nSPS) is 13.5. The summed E-state index contributed by atoms with van der Waals surface area (Å²) in [6, 6.07) is 4.38. The van der Waals surface area contributed by atoms with Crippen molar-refractivity contribution in [1.82, 2.24) is 0 Å². The molecule has 13 heavy (non-hydrogen) atoms. The van der Waals surface area contributed by atoms with Crippen LogP contribution in [-0.4, -0.2) is 0 Å². The fourth-order valence-electron chi connectivity index (χ4n) is 1.26. The van der Waals surface area contributed by atoms with Crippen molar-refractivity contribution in [1.29, 1.82) is 0 Å². The number of hydrogen-bond donors (Lipinski definition) is 1. The minimum absolute atomic E-state index is 0. The topological polar surface area (TPSA) is 26.0 Å². The Hall–Kier alpha value is -0.0500. The SMILES string of the molecule is CC(C)(C)CC(N)c1cccs1.Cl.